The molecule has 19 heavy (non-hydrogen) atoms. The molecule has 0 fully saturated rings. The second-order valence-corrected chi connectivity index (χ2v) is 5.69. The van der Waals surface area contributed by atoms with Crippen molar-refractivity contribution in [1.82, 2.24) is 15.0 Å². The standard InChI is InChI=1S/C14H14N4S/c1-9-7-15-13(19-9)10(2)17-14-16-8-11-5-3-4-6-12(11)18-14/h3-8,10H,1-2H3,(H,16,17,18). The lowest BCUT2D eigenvalue weighted by molar-refractivity contribution is 0.851. The predicted molar refractivity (Wildman–Crippen MR) is 78.4 cm³/mol. The zero-order valence-electron chi connectivity index (χ0n) is 10.8. The van der Waals surface area contributed by atoms with Gasteiger partial charge < -0.3 is 5.32 Å². The monoisotopic (exact) mass is 270 g/mol. The first-order chi connectivity index (χ1) is 9.22. The molecule has 1 aromatic carbocycles. The second kappa shape index (κ2) is 4.93. The second-order valence-electron chi connectivity index (χ2n) is 4.43. The number of anilines is 1. The molecule has 4 nitrogen and oxygen atoms in total. The van der Waals surface area contributed by atoms with E-state index >= 15 is 0 Å². The quantitative estimate of drug-likeness (QED) is 0.790. The lowest BCUT2D eigenvalue weighted by Gasteiger charge is -2.11. The van der Waals surface area contributed by atoms with E-state index in [1.54, 1.807) is 11.3 Å². The molecule has 1 atom stereocenters. The van der Waals surface area contributed by atoms with Gasteiger partial charge in [0.15, 0.2) is 0 Å². The summed E-state index contributed by atoms with van der Waals surface area (Å²) in [7, 11) is 0. The number of nitrogens with zero attached hydrogens (tertiary/aromatic N) is 3. The molecule has 5 heteroatoms. The van der Waals surface area contributed by atoms with Crippen molar-refractivity contribution in [3.8, 4) is 0 Å². The number of aromatic nitrogens is 3. The lowest BCUT2D eigenvalue weighted by atomic mass is 10.2. The SMILES string of the molecule is Cc1cnc(C(C)Nc2ncc3ccccc3n2)s1. The lowest BCUT2D eigenvalue weighted by Crippen LogP contribution is -2.08. The molecule has 0 saturated carbocycles. The van der Waals surface area contributed by atoms with Gasteiger partial charge in [0.05, 0.1) is 11.6 Å². The van der Waals surface area contributed by atoms with Gasteiger partial charge >= 0.3 is 0 Å². The smallest absolute Gasteiger partial charge is 0.223 e. The Hall–Kier alpha value is -2.01. The first kappa shape index (κ1) is 12.0. The van der Waals surface area contributed by atoms with E-state index in [0.717, 1.165) is 15.9 Å². The molecule has 0 saturated heterocycles. The topological polar surface area (TPSA) is 50.7 Å². The fourth-order valence-electron chi connectivity index (χ4n) is 1.87. The van der Waals surface area contributed by atoms with Crippen LogP contribution in [0, 0.1) is 6.92 Å². The van der Waals surface area contributed by atoms with Gasteiger partial charge in [0, 0.05) is 22.7 Å². The minimum absolute atomic E-state index is 0.111. The van der Waals surface area contributed by atoms with Gasteiger partial charge in [0.1, 0.15) is 5.01 Å². The van der Waals surface area contributed by atoms with Crippen molar-refractivity contribution in [3.63, 3.8) is 0 Å². The number of hydrogen-bond donors (Lipinski definition) is 1. The van der Waals surface area contributed by atoms with E-state index in [9.17, 15) is 0 Å². The molecule has 3 aromatic rings. The molecule has 2 heterocycles. The highest BCUT2D eigenvalue weighted by molar-refractivity contribution is 7.11. The van der Waals surface area contributed by atoms with Gasteiger partial charge in [0.25, 0.3) is 0 Å². The summed E-state index contributed by atoms with van der Waals surface area (Å²) in [6.45, 7) is 4.12. The van der Waals surface area contributed by atoms with Gasteiger partial charge in [-0.3, -0.25) is 0 Å². The summed E-state index contributed by atoms with van der Waals surface area (Å²) in [5, 5.41) is 5.39. The number of fused-ring (bicyclic) bond motifs is 1. The molecule has 3 rings (SSSR count). The van der Waals surface area contributed by atoms with Gasteiger partial charge in [-0.15, -0.1) is 11.3 Å². The Kier molecular flexibility index (Phi) is 3.13. The Morgan fingerprint density at radius 1 is 1.16 bits per heavy atom. The Balaban J connectivity index is 1.84. The zero-order chi connectivity index (χ0) is 13.2. The molecule has 0 aliphatic heterocycles. The van der Waals surface area contributed by atoms with Gasteiger partial charge in [-0.2, -0.15) is 0 Å². The third-order valence-electron chi connectivity index (χ3n) is 2.84. The third kappa shape index (κ3) is 2.56. The minimum Gasteiger partial charge on any atom is -0.345 e. The molecule has 0 bridgehead atoms. The molecule has 0 amide bonds. The van der Waals surface area contributed by atoms with Crippen LogP contribution < -0.4 is 5.32 Å². The van der Waals surface area contributed by atoms with Crippen LogP contribution in [0.1, 0.15) is 22.9 Å². The van der Waals surface area contributed by atoms with Crippen LogP contribution in [0.3, 0.4) is 0 Å². The van der Waals surface area contributed by atoms with Gasteiger partial charge in [-0.1, -0.05) is 18.2 Å². The Morgan fingerprint density at radius 3 is 2.79 bits per heavy atom. The average molecular weight is 270 g/mol. The van der Waals surface area contributed by atoms with Crippen LogP contribution in [0.15, 0.2) is 36.7 Å². The maximum atomic E-state index is 4.50. The number of nitrogens with one attached hydrogen (secondary N) is 1. The van der Waals surface area contributed by atoms with E-state index in [4.69, 9.17) is 0 Å². The number of benzene rings is 1. The van der Waals surface area contributed by atoms with Crippen molar-refractivity contribution in [2.45, 2.75) is 19.9 Å². The predicted octanol–water partition coefficient (Wildman–Crippen LogP) is 3.57. The van der Waals surface area contributed by atoms with Gasteiger partial charge in [-0.25, -0.2) is 15.0 Å². The molecular weight excluding hydrogens is 256 g/mol. The van der Waals surface area contributed by atoms with E-state index < -0.39 is 0 Å². The first-order valence-corrected chi connectivity index (χ1v) is 6.94. The maximum Gasteiger partial charge on any atom is 0.223 e. The van der Waals surface area contributed by atoms with Crippen molar-refractivity contribution in [3.05, 3.63) is 46.5 Å². The first-order valence-electron chi connectivity index (χ1n) is 6.13. The van der Waals surface area contributed by atoms with Crippen molar-refractivity contribution < 1.29 is 0 Å². The Morgan fingerprint density at radius 2 is 2.00 bits per heavy atom. The van der Waals surface area contributed by atoms with E-state index in [2.05, 4.69) is 34.1 Å². The number of rotatable bonds is 3. The number of aryl methyl sites for hydroxylation is 1. The van der Waals surface area contributed by atoms with Gasteiger partial charge in [0.2, 0.25) is 5.95 Å². The number of para-hydroxylation sites is 1. The Labute approximate surface area is 115 Å². The van der Waals surface area contributed by atoms with E-state index in [0.29, 0.717) is 5.95 Å². The summed E-state index contributed by atoms with van der Waals surface area (Å²) >= 11 is 1.69. The highest BCUT2D eigenvalue weighted by Crippen LogP contribution is 2.22. The minimum atomic E-state index is 0.111. The fraction of sp³-hybridized carbons (Fsp3) is 0.214. The molecule has 0 radical (unpaired) electrons. The van der Waals surface area contributed by atoms with Crippen LogP contribution in [0.2, 0.25) is 0 Å². The highest BCUT2D eigenvalue weighted by atomic mass is 32.1. The van der Waals surface area contributed by atoms with Crippen molar-refractivity contribution in [1.29, 1.82) is 0 Å². The summed E-state index contributed by atoms with van der Waals surface area (Å²) in [5.74, 6) is 0.638. The van der Waals surface area contributed by atoms with E-state index in [1.165, 1.54) is 4.88 Å². The normalized spacial score (nSPS) is 12.5. The van der Waals surface area contributed by atoms with Crippen LogP contribution in [-0.2, 0) is 0 Å². The third-order valence-corrected chi connectivity index (χ3v) is 3.94. The molecule has 0 aliphatic rings. The van der Waals surface area contributed by atoms with Crippen molar-refractivity contribution >= 4 is 28.2 Å². The fourth-order valence-corrected chi connectivity index (χ4v) is 2.65. The molecule has 2 aromatic heterocycles. The molecule has 0 aliphatic carbocycles. The Bertz CT molecular complexity index is 707. The molecule has 96 valence electrons. The van der Waals surface area contributed by atoms with Crippen molar-refractivity contribution in [2.24, 2.45) is 0 Å². The number of hydrogen-bond acceptors (Lipinski definition) is 5. The summed E-state index contributed by atoms with van der Waals surface area (Å²) in [4.78, 5) is 14.4. The summed E-state index contributed by atoms with van der Waals surface area (Å²) in [5.41, 5.74) is 0.947. The van der Waals surface area contributed by atoms with Crippen LogP contribution in [0.4, 0.5) is 5.95 Å². The van der Waals surface area contributed by atoms with Crippen LogP contribution in [0.25, 0.3) is 10.9 Å². The van der Waals surface area contributed by atoms with E-state index in [-0.39, 0.29) is 6.04 Å². The largest absolute Gasteiger partial charge is 0.345 e. The van der Waals surface area contributed by atoms with Crippen LogP contribution in [0.5, 0.6) is 0 Å². The van der Waals surface area contributed by atoms with Gasteiger partial charge in [-0.05, 0) is 19.9 Å². The maximum absolute atomic E-state index is 4.50. The summed E-state index contributed by atoms with van der Waals surface area (Å²) in [6.07, 6.45) is 3.73. The molecule has 1 unspecified atom stereocenters. The van der Waals surface area contributed by atoms with Crippen molar-refractivity contribution in [2.75, 3.05) is 5.32 Å². The molecular formula is C14H14N4S. The van der Waals surface area contributed by atoms with E-state index in [1.807, 2.05) is 36.7 Å². The average Bonchev–Trinajstić information content (AvgIpc) is 2.85. The summed E-state index contributed by atoms with van der Waals surface area (Å²) < 4.78 is 0. The van der Waals surface area contributed by atoms with Crippen LogP contribution in [-0.4, -0.2) is 15.0 Å². The van der Waals surface area contributed by atoms with Crippen LogP contribution >= 0.6 is 11.3 Å². The zero-order valence-corrected chi connectivity index (χ0v) is 11.6. The summed E-state index contributed by atoms with van der Waals surface area (Å²) in [6, 6.07) is 8.07. The molecule has 0 spiro atoms. The molecule has 1 N–H and O–H groups in total. The number of thiazole rings is 1. The highest BCUT2D eigenvalue weighted by Gasteiger charge is 2.10.